The van der Waals surface area contributed by atoms with E-state index in [2.05, 4.69) is 5.32 Å². The molecule has 0 aliphatic heterocycles. The molecule has 2 aromatic rings. The molecule has 5 heteroatoms. The number of aromatic hydroxyl groups is 2. The summed E-state index contributed by atoms with van der Waals surface area (Å²) in [6.07, 6.45) is 0. The van der Waals surface area contributed by atoms with Crippen LogP contribution in [0, 0.1) is 5.82 Å². The molecular formula is C14H13ClFNO2. The number of phenols is 2. The third kappa shape index (κ3) is 3.29. The molecule has 3 nitrogen and oxygen atoms in total. The van der Waals surface area contributed by atoms with Gasteiger partial charge in [0.15, 0.2) is 0 Å². The highest BCUT2D eigenvalue weighted by molar-refractivity contribution is 6.30. The van der Waals surface area contributed by atoms with Crippen LogP contribution in [-0.4, -0.2) is 10.2 Å². The number of nitrogens with one attached hydrogen (secondary N) is 1. The molecule has 0 bridgehead atoms. The first kappa shape index (κ1) is 13.5. The highest BCUT2D eigenvalue weighted by atomic mass is 35.5. The Kier molecular flexibility index (Phi) is 3.81. The SMILES string of the molecule is CC(Nc1cc(F)cc(Cl)c1)c1cc(O)ccc1O. The average Bonchev–Trinajstić information content (AvgIpc) is 2.30. The summed E-state index contributed by atoms with van der Waals surface area (Å²) < 4.78 is 13.2. The first-order chi connectivity index (χ1) is 8.95. The van der Waals surface area contributed by atoms with Crippen LogP contribution in [0.5, 0.6) is 11.5 Å². The van der Waals surface area contributed by atoms with E-state index in [-0.39, 0.29) is 22.6 Å². The summed E-state index contributed by atoms with van der Waals surface area (Å²) in [5.41, 5.74) is 1.01. The zero-order valence-corrected chi connectivity index (χ0v) is 10.9. The van der Waals surface area contributed by atoms with Crippen molar-refractivity contribution in [1.29, 1.82) is 0 Å². The fraction of sp³-hybridized carbons (Fsp3) is 0.143. The van der Waals surface area contributed by atoms with Gasteiger partial charge in [0.25, 0.3) is 0 Å². The summed E-state index contributed by atoms with van der Waals surface area (Å²) >= 11 is 5.77. The summed E-state index contributed by atoms with van der Waals surface area (Å²) in [4.78, 5) is 0. The van der Waals surface area contributed by atoms with Gasteiger partial charge in [0.2, 0.25) is 0 Å². The van der Waals surface area contributed by atoms with E-state index in [9.17, 15) is 14.6 Å². The minimum absolute atomic E-state index is 0.0544. The van der Waals surface area contributed by atoms with Crippen molar-refractivity contribution in [3.05, 3.63) is 52.8 Å². The molecule has 1 unspecified atom stereocenters. The second-order valence-corrected chi connectivity index (χ2v) is 4.70. The second-order valence-electron chi connectivity index (χ2n) is 4.27. The first-order valence-corrected chi connectivity index (χ1v) is 6.08. The highest BCUT2D eigenvalue weighted by Gasteiger charge is 2.12. The molecule has 0 saturated carbocycles. The molecule has 1 atom stereocenters. The predicted molar refractivity (Wildman–Crippen MR) is 73.2 cm³/mol. The molecule has 0 spiro atoms. The third-order valence-electron chi connectivity index (χ3n) is 2.72. The Labute approximate surface area is 115 Å². The maximum Gasteiger partial charge on any atom is 0.126 e. The van der Waals surface area contributed by atoms with Crippen molar-refractivity contribution in [2.24, 2.45) is 0 Å². The summed E-state index contributed by atoms with van der Waals surface area (Å²) in [5.74, 6) is -0.332. The maximum absolute atomic E-state index is 13.2. The van der Waals surface area contributed by atoms with Crippen LogP contribution in [0.4, 0.5) is 10.1 Å². The van der Waals surface area contributed by atoms with Gasteiger partial charge >= 0.3 is 0 Å². The van der Waals surface area contributed by atoms with Crippen LogP contribution >= 0.6 is 11.6 Å². The molecule has 0 saturated heterocycles. The van der Waals surface area contributed by atoms with E-state index in [1.54, 1.807) is 13.0 Å². The summed E-state index contributed by atoms with van der Waals surface area (Å²) in [6, 6.07) is 8.04. The van der Waals surface area contributed by atoms with Gasteiger partial charge < -0.3 is 15.5 Å². The number of phenolic OH excluding ortho intramolecular Hbond substituents is 2. The standard InChI is InChI=1S/C14H13ClFNO2/c1-8(13-7-12(18)2-3-14(13)19)17-11-5-9(15)4-10(16)6-11/h2-8,17-19H,1H3. The number of rotatable bonds is 3. The predicted octanol–water partition coefficient (Wildman–Crippen LogP) is 4.06. The van der Waals surface area contributed by atoms with Gasteiger partial charge in [-0.1, -0.05) is 11.6 Å². The number of halogens is 2. The number of benzene rings is 2. The Bertz CT molecular complexity index is 584. The molecule has 0 fully saturated rings. The van der Waals surface area contributed by atoms with Crippen LogP contribution in [0.25, 0.3) is 0 Å². The van der Waals surface area contributed by atoms with E-state index in [0.717, 1.165) is 0 Å². The topological polar surface area (TPSA) is 52.5 Å². The van der Waals surface area contributed by atoms with Crippen molar-refractivity contribution in [3.63, 3.8) is 0 Å². The largest absolute Gasteiger partial charge is 0.508 e. The Morgan fingerprint density at radius 3 is 2.58 bits per heavy atom. The third-order valence-corrected chi connectivity index (χ3v) is 2.94. The minimum atomic E-state index is -0.442. The fourth-order valence-corrected chi connectivity index (χ4v) is 2.08. The van der Waals surface area contributed by atoms with Crippen molar-refractivity contribution in [2.75, 3.05) is 5.32 Å². The lowest BCUT2D eigenvalue weighted by atomic mass is 10.1. The number of hydrogen-bond donors (Lipinski definition) is 3. The smallest absolute Gasteiger partial charge is 0.126 e. The Morgan fingerprint density at radius 1 is 1.16 bits per heavy atom. The van der Waals surface area contributed by atoms with E-state index < -0.39 is 5.82 Å². The normalized spacial score (nSPS) is 12.2. The van der Waals surface area contributed by atoms with Gasteiger partial charge in [-0.25, -0.2) is 4.39 Å². The fourth-order valence-electron chi connectivity index (χ4n) is 1.85. The minimum Gasteiger partial charge on any atom is -0.508 e. The molecular weight excluding hydrogens is 269 g/mol. The van der Waals surface area contributed by atoms with E-state index in [1.165, 1.54) is 30.3 Å². The Hall–Kier alpha value is -1.94. The molecule has 0 aliphatic rings. The molecule has 0 heterocycles. The molecule has 2 aromatic carbocycles. The quantitative estimate of drug-likeness (QED) is 0.744. The summed E-state index contributed by atoms with van der Waals surface area (Å²) in [7, 11) is 0. The summed E-state index contributed by atoms with van der Waals surface area (Å²) in [5, 5.41) is 22.5. The van der Waals surface area contributed by atoms with E-state index >= 15 is 0 Å². The van der Waals surface area contributed by atoms with Crippen LogP contribution in [-0.2, 0) is 0 Å². The van der Waals surface area contributed by atoms with Gasteiger partial charge in [0.1, 0.15) is 17.3 Å². The van der Waals surface area contributed by atoms with Crippen molar-refractivity contribution >= 4 is 17.3 Å². The van der Waals surface area contributed by atoms with Crippen molar-refractivity contribution < 1.29 is 14.6 Å². The van der Waals surface area contributed by atoms with Crippen molar-refractivity contribution in [1.82, 2.24) is 0 Å². The van der Waals surface area contributed by atoms with Gasteiger partial charge in [0, 0.05) is 16.3 Å². The van der Waals surface area contributed by atoms with Crippen LogP contribution in [0.1, 0.15) is 18.5 Å². The first-order valence-electron chi connectivity index (χ1n) is 5.70. The molecule has 3 N–H and O–H groups in total. The zero-order chi connectivity index (χ0) is 14.0. The van der Waals surface area contributed by atoms with Gasteiger partial charge in [-0.2, -0.15) is 0 Å². The molecule has 0 amide bonds. The van der Waals surface area contributed by atoms with E-state index in [1.807, 2.05) is 0 Å². The Balaban J connectivity index is 2.25. The van der Waals surface area contributed by atoms with Gasteiger partial charge in [-0.15, -0.1) is 0 Å². The van der Waals surface area contributed by atoms with Gasteiger partial charge in [-0.05, 0) is 43.3 Å². The molecule has 0 radical (unpaired) electrons. The lowest BCUT2D eigenvalue weighted by Crippen LogP contribution is -2.07. The molecule has 2 rings (SSSR count). The number of anilines is 1. The average molecular weight is 282 g/mol. The second kappa shape index (κ2) is 5.36. The van der Waals surface area contributed by atoms with Gasteiger partial charge in [0.05, 0.1) is 6.04 Å². The van der Waals surface area contributed by atoms with Crippen LogP contribution in [0.3, 0.4) is 0 Å². The zero-order valence-electron chi connectivity index (χ0n) is 10.2. The molecule has 100 valence electrons. The van der Waals surface area contributed by atoms with Crippen LogP contribution in [0.2, 0.25) is 5.02 Å². The monoisotopic (exact) mass is 281 g/mol. The van der Waals surface area contributed by atoms with Crippen LogP contribution in [0.15, 0.2) is 36.4 Å². The van der Waals surface area contributed by atoms with E-state index in [4.69, 9.17) is 11.6 Å². The van der Waals surface area contributed by atoms with Gasteiger partial charge in [-0.3, -0.25) is 0 Å². The maximum atomic E-state index is 13.2. The lowest BCUT2D eigenvalue weighted by molar-refractivity contribution is 0.451. The van der Waals surface area contributed by atoms with Crippen molar-refractivity contribution in [2.45, 2.75) is 13.0 Å². The Morgan fingerprint density at radius 2 is 1.89 bits per heavy atom. The highest BCUT2D eigenvalue weighted by Crippen LogP contribution is 2.30. The van der Waals surface area contributed by atoms with Crippen LogP contribution < -0.4 is 5.32 Å². The van der Waals surface area contributed by atoms with E-state index in [0.29, 0.717) is 11.3 Å². The number of hydrogen-bond acceptors (Lipinski definition) is 3. The molecule has 0 aliphatic carbocycles. The lowest BCUT2D eigenvalue weighted by Gasteiger charge is -2.17. The summed E-state index contributed by atoms with van der Waals surface area (Å²) in [6.45, 7) is 1.79. The molecule has 19 heavy (non-hydrogen) atoms. The van der Waals surface area contributed by atoms with Crippen molar-refractivity contribution in [3.8, 4) is 11.5 Å². The molecule has 0 aromatic heterocycles.